The van der Waals surface area contributed by atoms with Gasteiger partial charge in [-0.05, 0) is 48.9 Å². The fourth-order valence-corrected chi connectivity index (χ4v) is 3.79. The van der Waals surface area contributed by atoms with Crippen LogP contribution in [0.5, 0.6) is 0 Å². The van der Waals surface area contributed by atoms with E-state index in [0.29, 0.717) is 11.8 Å². The molecule has 0 spiro atoms. The summed E-state index contributed by atoms with van der Waals surface area (Å²) >= 11 is 1.87. The lowest BCUT2D eigenvalue weighted by Crippen LogP contribution is -2.44. The maximum absolute atomic E-state index is 12.6. The molecule has 1 amide bonds. The van der Waals surface area contributed by atoms with Crippen LogP contribution in [0.1, 0.15) is 30.6 Å². The molecule has 1 fully saturated rings. The Morgan fingerprint density at radius 2 is 2.17 bits per heavy atom. The van der Waals surface area contributed by atoms with Gasteiger partial charge < -0.3 is 14.8 Å². The van der Waals surface area contributed by atoms with Crippen molar-refractivity contribution in [2.75, 3.05) is 31.6 Å². The number of aromatic nitrogens is 1. The molecule has 0 aliphatic carbocycles. The predicted molar refractivity (Wildman–Crippen MR) is 101 cm³/mol. The van der Waals surface area contributed by atoms with E-state index in [9.17, 15) is 9.59 Å². The number of aryl methyl sites for hydroxylation is 1. The number of likely N-dealkylation sites (tertiary alicyclic amines) is 1. The van der Waals surface area contributed by atoms with Crippen molar-refractivity contribution < 1.29 is 4.79 Å². The van der Waals surface area contributed by atoms with E-state index in [-0.39, 0.29) is 23.1 Å². The molecule has 0 unspecified atom stereocenters. The summed E-state index contributed by atoms with van der Waals surface area (Å²) in [5.41, 5.74) is -0.0192. The van der Waals surface area contributed by atoms with E-state index in [1.165, 1.54) is 16.7 Å². The minimum Gasteiger partial charge on any atom is -0.348 e. The van der Waals surface area contributed by atoms with Gasteiger partial charge in [0.25, 0.3) is 11.5 Å². The molecular formula is C18H29N3O2S. The summed E-state index contributed by atoms with van der Waals surface area (Å²) in [4.78, 5) is 27.1. The third kappa shape index (κ3) is 4.63. The Balaban J connectivity index is 2.04. The Labute approximate surface area is 148 Å². The molecule has 5 nitrogen and oxygen atoms in total. The first-order valence-corrected chi connectivity index (χ1v) is 10.0. The number of rotatable bonds is 7. The Morgan fingerprint density at radius 1 is 1.42 bits per heavy atom. The smallest absolute Gasteiger partial charge is 0.263 e. The lowest BCUT2D eigenvalue weighted by molar-refractivity contribution is 0.0923. The molecule has 0 radical (unpaired) electrons. The Bertz CT molecular complexity index is 615. The third-order valence-electron chi connectivity index (χ3n) is 4.80. The number of hydrogen-bond donors (Lipinski definition) is 1. The van der Waals surface area contributed by atoms with Crippen LogP contribution in [-0.2, 0) is 7.05 Å². The zero-order valence-electron chi connectivity index (χ0n) is 15.1. The maximum Gasteiger partial charge on any atom is 0.263 e. The van der Waals surface area contributed by atoms with Crippen molar-refractivity contribution in [3.63, 3.8) is 0 Å². The first kappa shape index (κ1) is 19.1. The molecule has 6 heteroatoms. The van der Waals surface area contributed by atoms with Crippen molar-refractivity contribution in [1.29, 1.82) is 0 Å². The van der Waals surface area contributed by atoms with Crippen molar-refractivity contribution in [2.24, 2.45) is 18.9 Å². The second kappa shape index (κ2) is 8.72. The average Bonchev–Trinajstić information content (AvgIpc) is 2.93. The summed E-state index contributed by atoms with van der Waals surface area (Å²) in [6.07, 6.45) is 4.97. The number of carbonyl (C=O) groups excluding carboxylic acids is 1. The maximum atomic E-state index is 12.6. The molecule has 1 aromatic rings. The minimum atomic E-state index is -0.252. The van der Waals surface area contributed by atoms with Crippen molar-refractivity contribution in [3.8, 4) is 0 Å². The highest BCUT2D eigenvalue weighted by atomic mass is 32.2. The SMILES string of the molecule is CSCCCN1C[C@H](NC(=O)c2cccn(C)c2=O)[C@@H](C(C)C)C1. The van der Waals surface area contributed by atoms with Gasteiger partial charge >= 0.3 is 0 Å². The number of hydrogen-bond acceptors (Lipinski definition) is 4. The minimum absolute atomic E-state index is 0.108. The van der Waals surface area contributed by atoms with E-state index in [2.05, 4.69) is 30.3 Å². The largest absolute Gasteiger partial charge is 0.348 e. The van der Waals surface area contributed by atoms with Gasteiger partial charge in [-0.1, -0.05) is 13.8 Å². The summed E-state index contributed by atoms with van der Waals surface area (Å²) in [6, 6.07) is 3.45. The van der Waals surface area contributed by atoms with Gasteiger partial charge in [0.05, 0.1) is 0 Å². The third-order valence-corrected chi connectivity index (χ3v) is 5.50. The van der Waals surface area contributed by atoms with Gasteiger partial charge in [-0.15, -0.1) is 0 Å². The molecule has 1 saturated heterocycles. The molecule has 1 aromatic heterocycles. The van der Waals surface area contributed by atoms with E-state index < -0.39 is 0 Å². The second-order valence-corrected chi connectivity index (χ2v) is 7.92. The molecule has 0 bridgehead atoms. The van der Waals surface area contributed by atoms with Crippen molar-refractivity contribution in [3.05, 3.63) is 34.2 Å². The highest BCUT2D eigenvalue weighted by Gasteiger charge is 2.35. The van der Waals surface area contributed by atoms with Crippen LogP contribution in [0.4, 0.5) is 0 Å². The van der Waals surface area contributed by atoms with Crippen LogP contribution >= 0.6 is 11.8 Å². The van der Waals surface area contributed by atoms with Crippen LogP contribution in [-0.4, -0.2) is 53.1 Å². The van der Waals surface area contributed by atoms with E-state index in [4.69, 9.17) is 0 Å². The number of pyridine rings is 1. The van der Waals surface area contributed by atoms with Crippen molar-refractivity contribution >= 4 is 17.7 Å². The Morgan fingerprint density at radius 3 is 2.83 bits per heavy atom. The molecular weight excluding hydrogens is 322 g/mol. The van der Waals surface area contributed by atoms with E-state index in [1.807, 2.05) is 11.8 Å². The summed E-state index contributed by atoms with van der Waals surface area (Å²) in [5, 5.41) is 3.12. The van der Waals surface area contributed by atoms with Gasteiger partial charge in [-0.2, -0.15) is 11.8 Å². The number of nitrogens with one attached hydrogen (secondary N) is 1. The first-order chi connectivity index (χ1) is 11.4. The van der Waals surface area contributed by atoms with Gasteiger partial charge in [-0.25, -0.2) is 0 Å². The zero-order chi connectivity index (χ0) is 17.7. The molecule has 1 aliphatic heterocycles. The molecule has 134 valence electrons. The van der Waals surface area contributed by atoms with Crippen LogP contribution in [0.15, 0.2) is 23.1 Å². The fourth-order valence-electron chi connectivity index (χ4n) is 3.37. The average molecular weight is 352 g/mol. The number of thioether (sulfide) groups is 1. The molecule has 2 heterocycles. The molecule has 0 saturated carbocycles. The summed E-state index contributed by atoms with van der Waals surface area (Å²) in [6.45, 7) is 7.37. The van der Waals surface area contributed by atoms with E-state index in [1.54, 1.807) is 25.4 Å². The molecule has 24 heavy (non-hydrogen) atoms. The Kier molecular flexibility index (Phi) is 6.92. The first-order valence-electron chi connectivity index (χ1n) is 8.61. The molecule has 1 aliphatic rings. The summed E-state index contributed by atoms with van der Waals surface area (Å²) in [7, 11) is 1.67. The quantitative estimate of drug-likeness (QED) is 0.762. The summed E-state index contributed by atoms with van der Waals surface area (Å²) < 4.78 is 1.44. The number of carbonyl (C=O) groups is 1. The highest BCUT2D eigenvalue weighted by molar-refractivity contribution is 7.98. The van der Waals surface area contributed by atoms with E-state index in [0.717, 1.165) is 19.6 Å². The van der Waals surface area contributed by atoms with E-state index >= 15 is 0 Å². The molecule has 2 atom stereocenters. The van der Waals surface area contributed by atoms with Gasteiger partial charge in [0.2, 0.25) is 0 Å². The normalized spacial score (nSPS) is 21.4. The highest BCUT2D eigenvalue weighted by Crippen LogP contribution is 2.25. The fraction of sp³-hybridized carbons (Fsp3) is 0.667. The van der Waals surface area contributed by atoms with Gasteiger partial charge in [0, 0.05) is 32.4 Å². The van der Waals surface area contributed by atoms with Crippen LogP contribution in [0.2, 0.25) is 0 Å². The second-order valence-electron chi connectivity index (χ2n) is 6.93. The molecule has 0 aromatic carbocycles. The van der Waals surface area contributed by atoms with Crippen LogP contribution in [0, 0.1) is 11.8 Å². The van der Waals surface area contributed by atoms with Gasteiger partial charge in [-0.3, -0.25) is 9.59 Å². The number of nitrogens with zero attached hydrogens (tertiary/aromatic N) is 2. The van der Waals surface area contributed by atoms with Gasteiger partial charge in [0.1, 0.15) is 5.56 Å². The van der Waals surface area contributed by atoms with Crippen molar-refractivity contribution in [1.82, 2.24) is 14.8 Å². The standard InChI is InChI=1S/C18H29N3O2S/c1-13(2)15-11-21(9-6-10-24-4)12-16(15)19-17(22)14-7-5-8-20(3)18(14)23/h5,7-8,13,15-16H,6,9-12H2,1-4H3,(H,19,22)/t15-,16+/m1/s1. The Hall–Kier alpha value is -1.27. The van der Waals surface area contributed by atoms with Crippen LogP contribution in [0.25, 0.3) is 0 Å². The lowest BCUT2D eigenvalue weighted by Gasteiger charge is -2.23. The monoisotopic (exact) mass is 351 g/mol. The van der Waals surface area contributed by atoms with Crippen LogP contribution < -0.4 is 10.9 Å². The topological polar surface area (TPSA) is 54.3 Å². The molecule has 1 N–H and O–H groups in total. The van der Waals surface area contributed by atoms with Crippen LogP contribution in [0.3, 0.4) is 0 Å². The zero-order valence-corrected chi connectivity index (χ0v) is 15.9. The summed E-state index contributed by atoms with van der Waals surface area (Å²) in [5.74, 6) is 1.84. The lowest BCUT2D eigenvalue weighted by atomic mass is 9.91. The number of amides is 1. The van der Waals surface area contributed by atoms with Gasteiger partial charge in [0.15, 0.2) is 0 Å². The molecule has 2 rings (SSSR count). The van der Waals surface area contributed by atoms with Crippen molar-refractivity contribution in [2.45, 2.75) is 26.3 Å². The predicted octanol–water partition coefficient (Wildman–Crippen LogP) is 1.82.